The second-order valence-electron chi connectivity index (χ2n) is 6.79. The smallest absolute Gasteiger partial charge is 0.403 e. The van der Waals surface area contributed by atoms with E-state index in [1.54, 1.807) is 24.4 Å². The molecule has 3 rings (SSSR count). The van der Waals surface area contributed by atoms with Gasteiger partial charge in [0.2, 0.25) is 0 Å². The zero-order valence-corrected chi connectivity index (χ0v) is 22.8. The molecule has 1 atom stereocenters. The maximum Gasteiger partial charge on any atom is 2.00 e. The number of anilines is 2. The average molecular weight is 691 g/mol. The second-order valence-corrected chi connectivity index (χ2v) is 6.79. The molecule has 0 bridgehead atoms. The van der Waals surface area contributed by atoms with E-state index in [1.165, 1.54) is 25.5 Å². The molecule has 1 saturated heterocycles. The molecule has 10 heteroatoms. The predicted molar refractivity (Wildman–Crippen MR) is 121 cm³/mol. The number of nitrogens with one attached hydrogen (secondary N) is 2. The molecule has 0 amide bonds. The monoisotopic (exact) mass is 690 g/mol. The number of rotatable bonds is 5. The second kappa shape index (κ2) is 15.1. The number of hydrogen-bond donors (Lipinski definition) is 2. The van der Waals surface area contributed by atoms with Gasteiger partial charge in [-0.1, -0.05) is 12.5 Å². The zero-order chi connectivity index (χ0) is 22.9. The Morgan fingerprint density at radius 2 is 2.06 bits per heavy atom. The van der Waals surface area contributed by atoms with Crippen LogP contribution in [-0.4, -0.2) is 31.2 Å². The van der Waals surface area contributed by atoms with Gasteiger partial charge in [0, 0.05) is 23.5 Å². The maximum absolute atomic E-state index is 13.6. The van der Waals surface area contributed by atoms with Crippen molar-refractivity contribution in [3.05, 3.63) is 68.3 Å². The molecule has 2 aromatic rings. The van der Waals surface area contributed by atoms with E-state index in [4.69, 9.17) is 0 Å². The summed E-state index contributed by atoms with van der Waals surface area (Å²) in [7, 11) is 0. The molecule has 178 valence electrons. The summed E-state index contributed by atoms with van der Waals surface area (Å²) in [5, 5.41) is 6.06. The number of alkyl halides is 3. The first-order chi connectivity index (χ1) is 14.7. The molecule has 1 aliphatic heterocycles. The van der Waals surface area contributed by atoms with E-state index in [-0.39, 0.29) is 44.2 Å². The van der Waals surface area contributed by atoms with E-state index in [0.29, 0.717) is 17.4 Å². The van der Waals surface area contributed by atoms with Gasteiger partial charge in [-0.25, -0.2) is 9.37 Å². The molecule has 0 radical (unpaired) electrons. The van der Waals surface area contributed by atoms with Crippen LogP contribution in [0.3, 0.4) is 0 Å². The topological polar surface area (TPSA) is 58.5 Å². The van der Waals surface area contributed by atoms with E-state index in [9.17, 15) is 17.6 Å². The molecule has 0 aliphatic carbocycles. The van der Waals surface area contributed by atoms with Crippen molar-refractivity contribution in [1.82, 2.24) is 10.3 Å². The quantitative estimate of drug-likeness (QED) is 0.223. The number of hydrogen-bond acceptors (Lipinski definition) is 5. The van der Waals surface area contributed by atoms with Crippen LogP contribution < -0.4 is 15.4 Å². The van der Waals surface area contributed by atoms with Crippen LogP contribution in [0.4, 0.5) is 29.1 Å². The van der Waals surface area contributed by atoms with Gasteiger partial charge in [0.25, 0.3) is 0 Å². The first-order valence-electron chi connectivity index (χ1n) is 9.67. The molecule has 1 fully saturated rings. The summed E-state index contributed by atoms with van der Waals surface area (Å²) in [6.45, 7) is 11.5. The summed E-state index contributed by atoms with van der Waals surface area (Å²) in [5.41, 5.74) is 1.64. The number of halogens is 4. The largest absolute Gasteiger partial charge is 2.00 e. The summed E-state index contributed by atoms with van der Waals surface area (Å²) in [6, 6.07) is 6.39. The minimum Gasteiger partial charge on any atom is -0.403 e. The number of benzene rings is 1. The molecule has 0 spiro atoms. The van der Waals surface area contributed by atoms with Crippen LogP contribution in [0.2, 0.25) is 0 Å². The molecule has 0 saturated carbocycles. The number of pyridine rings is 1. The van der Waals surface area contributed by atoms with Crippen LogP contribution in [0.5, 0.6) is 5.75 Å². The third-order valence-electron chi connectivity index (χ3n) is 4.33. The van der Waals surface area contributed by atoms with Crippen LogP contribution in [0, 0.1) is 57.2 Å². The fourth-order valence-electron chi connectivity index (χ4n) is 2.83. The number of aliphatic imine (C=N–C) groups is 1. The predicted octanol–water partition coefficient (Wildman–Crippen LogP) is 6.19. The fraction of sp³-hybridized carbons (Fsp3) is 0.304. The van der Waals surface area contributed by atoms with Crippen molar-refractivity contribution >= 4 is 23.9 Å². The Morgan fingerprint density at radius 1 is 1.33 bits per heavy atom. The van der Waals surface area contributed by atoms with E-state index < -0.39 is 17.9 Å². The van der Waals surface area contributed by atoms with E-state index in [1.807, 2.05) is 6.92 Å². The van der Waals surface area contributed by atoms with E-state index in [2.05, 4.69) is 39.0 Å². The summed E-state index contributed by atoms with van der Waals surface area (Å²) in [6.07, 6.45) is 0.994. The molecule has 2 N–H and O–H groups in total. The van der Waals surface area contributed by atoms with Gasteiger partial charge < -0.3 is 29.7 Å². The Kier molecular flexibility index (Phi) is 14.2. The molecular formula is C23H28F4N4OU. The standard InChI is InChI=1S/C16H13F4N3O.C6H12N.CH3.U/c1-3-13(21-2)10-4-7-15(22-9-10)23-11-5-6-14(12(17)8-11)24-16(18,19)20;1-6-3-2-4-7-5-6;;/h3-9H,2H2,1H3,(H,22,23);6-7H,1-5H2;1H3;/q;2*-1;+2/t;6-;;/m.1../s1. The van der Waals surface area contributed by atoms with Crippen molar-refractivity contribution in [3.8, 4) is 5.75 Å². The van der Waals surface area contributed by atoms with E-state index >= 15 is 0 Å². The summed E-state index contributed by atoms with van der Waals surface area (Å²) in [4.78, 5) is 7.97. The minimum atomic E-state index is -4.95. The summed E-state index contributed by atoms with van der Waals surface area (Å²) >= 11 is 0. The number of piperidine rings is 1. The van der Waals surface area contributed by atoms with Crippen molar-refractivity contribution in [2.75, 3.05) is 18.4 Å². The van der Waals surface area contributed by atoms with Crippen LogP contribution in [0.25, 0.3) is 5.70 Å². The molecule has 33 heavy (non-hydrogen) atoms. The van der Waals surface area contributed by atoms with Crippen LogP contribution in [0.15, 0.2) is 47.6 Å². The van der Waals surface area contributed by atoms with Crippen LogP contribution in [-0.2, 0) is 0 Å². The van der Waals surface area contributed by atoms with Crippen molar-refractivity contribution < 1.29 is 53.4 Å². The number of aromatic nitrogens is 1. The minimum absolute atomic E-state index is 0. The van der Waals surface area contributed by atoms with Crippen LogP contribution in [0.1, 0.15) is 25.3 Å². The normalized spacial score (nSPS) is 15.7. The SMILES string of the molecule is C=NC(=CC)c1ccc(Nc2ccc(OC(F)(F)F)c(F)c2)nc1.[CH2-][C@@H]1CCCNC1.[CH3-].[U+2]. The Morgan fingerprint density at radius 3 is 2.48 bits per heavy atom. The van der Waals surface area contributed by atoms with Gasteiger partial charge in [-0.15, -0.1) is 13.2 Å². The van der Waals surface area contributed by atoms with Gasteiger partial charge >= 0.3 is 37.5 Å². The van der Waals surface area contributed by atoms with Gasteiger partial charge in [-0.2, -0.15) is 5.92 Å². The zero-order valence-electron chi connectivity index (χ0n) is 18.7. The third kappa shape index (κ3) is 11.2. The van der Waals surface area contributed by atoms with Gasteiger partial charge in [0.05, 0.1) is 5.70 Å². The van der Waals surface area contributed by atoms with Crippen molar-refractivity contribution in [3.63, 3.8) is 0 Å². The average Bonchev–Trinajstić information content (AvgIpc) is 2.72. The summed E-state index contributed by atoms with van der Waals surface area (Å²) in [5.74, 6) is -0.969. The van der Waals surface area contributed by atoms with Crippen molar-refractivity contribution in [1.29, 1.82) is 0 Å². The van der Waals surface area contributed by atoms with E-state index in [0.717, 1.165) is 24.2 Å². The van der Waals surface area contributed by atoms with Crippen LogP contribution >= 0.6 is 0 Å². The Labute approximate surface area is 216 Å². The molecule has 2 heterocycles. The van der Waals surface area contributed by atoms with Crippen molar-refractivity contribution in [2.24, 2.45) is 10.9 Å². The fourth-order valence-corrected chi connectivity index (χ4v) is 2.83. The Balaban J connectivity index is 0.000000975. The molecule has 5 nitrogen and oxygen atoms in total. The van der Waals surface area contributed by atoms with Gasteiger partial charge in [0.15, 0.2) is 11.6 Å². The first kappa shape index (κ1) is 31.1. The van der Waals surface area contributed by atoms with Crippen molar-refractivity contribution in [2.45, 2.75) is 26.1 Å². The van der Waals surface area contributed by atoms with Gasteiger partial charge in [-0.3, -0.25) is 4.99 Å². The molecule has 1 aliphatic rings. The Hall–Kier alpha value is -1.89. The molecular weight excluding hydrogens is 662 g/mol. The first-order valence-corrected chi connectivity index (χ1v) is 9.67. The van der Waals surface area contributed by atoms with Gasteiger partial charge in [0.1, 0.15) is 5.82 Å². The third-order valence-corrected chi connectivity index (χ3v) is 4.33. The Bertz CT molecular complexity index is 883. The summed E-state index contributed by atoms with van der Waals surface area (Å²) < 4.78 is 53.5. The molecule has 0 unspecified atom stereocenters. The number of allylic oxidation sites excluding steroid dienone is 1. The maximum atomic E-state index is 13.6. The molecule has 1 aromatic carbocycles. The molecule has 1 aromatic heterocycles. The number of nitrogens with zero attached hydrogens (tertiary/aromatic N) is 2. The number of ether oxygens (including phenoxy) is 1. The van der Waals surface area contributed by atoms with Gasteiger partial charge in [-0.05, 0) is 57.4 Å².